The van der Waals surface area contributed by atoms with Crippen molar-refractivity contribution in [3.63, 3.8) is 0 Å². The molecule has 3 N–H and O–H groups in total. The standard InChI is InChI=1S/C6H9NO2/c1-3-4(2)5(7)6(8)9/h3,5H,1-2,7H2,(H,8,9)/t5-/m0/s1. The molecule has 0 amide bonds. The van der Waals surface area contributed by atoms with Crippen molar-refractivity contribution in [2.75, 3.05) is 0 Å². The van der Waals surface area contributed by atoms with Crippen molar-refractivity contribution in [1.82, 2.24) is 0 Å². The van der Waals surface area contributed by atoms with Gasteiger partial charge in [-0.3, -0.25) is 4.79 Å². The minimum absolute atomic E-state index is 0.322. The number of carbonyl (C=O) groups is 1. The zero-order chi connectivity index (χ0) is 7.44. The highest BCUT2D eigenvalue weighted by molar-refractivity contribution is 5.77. The summed E-state index contributed by atoms with van der Waals surface area (Å²) in [5.41, 5.74) is 5.42. The maximum Gasteiger partial charge on any atom is 0.325 e. The number of hydrogen-bond donors (Lipinski definition) is 2. The average molecular weight is 127 g/mol. The Bertz CT molecular complexity index is 151. The van der Waals surface area contributed by atoms with Crippen molar-refractivity contribution < 1.29 is 9.90 Å². The molecule has 0 bridgehead atoms. The minimum Gasteiger partial charge on any atom is -0.480 e. The first kappa shape index (κ1) is 7.91. The molecule has 0 saturated heterocycles. The zero-order valence-electron chi connectivity index (χ0n) is 5.00. The molecule has 9 heavy (non-hydrogen) atoms. The average Bonchev–Trinajstić information content (AvgIpc) is 1.84. The second kappa shape index (κ2) is 3.04. The largest absolute Gasteiger partial charge is 0.480 e. The Morgan fingerprint density at radius 3 is 2.33 bits per heavy atom. The molecule has 0 aliphatic rings. The quantitative estimate of drug-likeness (QED) is 0.530. The Labute approximate surface area is 53.5 Å². The van der Waals surface area contributed by atoms with E-state index in [0.29, 0.717) is 5.57 Å². The maximum atomic E-state index is 10.1. The smallest absolute Gasteiger partial charge is 0.325 e. The normalized spacial score (nSPS) is 12.1. The van der Waals surface area contributed by atoms with Crippen LogP contribution in [0.2, 0.25) is 0 Å². The molecule has 50 valence electrons. The molecule has 0 aliphatic heterocycles. The number of hydrogen-bond acceptors (Lipinski definition) is 2. The van der Waals surface area contributed by atoms with Crippen LogP contribution in [0.1, 0.15) is 0 Å². The highest BCUT2D eigenvalue weighted by atomic mass is 16.4. The molecule has 0 saturated carbocycles. The lowest BCUT2D eigenvalue weighted by Gasteiger charge is -2.03. The first-order chi connectivity index (χ1) is 4.09. The summed E-state index contributed by atoms with van der Waals surface area (Å²) in [6, 6.07) is -1.01. The Kier molecular flexibility index (Phi) is 2.67. The van der Waals surface area contributed by atoms with E-state index in [-0.39, 0.29) is 0 Å². The second-order valence-corrected chi connectivity index (χ2v) is 1.59. The molecule has 0 spiro atoms. The van der Waals surface area contributed by atoms with E-state index in [1.54, 1.807) is 0 Å². The fourth-order valence-electron chi connectivity index (χ4n) is 0.286. The molecule has 3 heteroatoms. The van der Waals surface area contributed by atoms with Crippen LogP contribution >= 0.6 is 0 Å². The van der Waals surface area contributed by atoms with Crippen molar-refractivity contribution in [2.24, 2.45) is 5.73 Å². The van der Waals surface area contributed by atoms with Crippen molar-refractivity contribution in [3.8, 4) is 0 Å². The molecule has 0 fully saturated rings. The van der Waals surface area contributed by atoms with Gasteiger partial charge in [-0.25, -0.2) is 0 Å². The van der Waals surface area contributed by atoms with Gasteiger partial charge in [0.1, 0.15) is 6.04 Å². The lowest BCUT2D eigenvalue weighted by Crippen LogP contribution is -2.30. The zero-order valence-corrected chi connectivity index (χ0v) is 5.00. The number of aliphatic carboxylic acids is 1. The summed E-state index contributed by atoms with van der Waals surface area (Å²) in [5.74, 6) is -1.08. The summed E-state index contributed by atoms with van der Waals surface area (Å²) in [6.07, 6.45) is 1.33. The van der Waals surface area contributed by atoms with Gasteiger partial charge in [-0.05, 0) is 5.57 Å². The fraction of sp³-hybridized carbons (Fsp3) is 0.167. The first-order valence-electron chi connectivity index (χ1n) is 2.39. The molecule has 0 unspecified atom stereocenters. The molecular formula is C6H9NO2. The SMILES string of the molecule is C=CC(=C)[C@H](N)C(=O)O. The van der Waals surface area contributed by atoms with E-state index in [1.807, 2.05) is 0 Å². The van der Waals surface area contributed by atoms with Gasteiger partial charge in [0.15, 0.2) is 0 Å². The molecule has 1 atom stereocenters. The monoisotopic (exact) mass is 127 g/mol. The summed E-state index contributed by atoms with van der Waals surface area (Å²) >= 11 is 0. The van der Waals surface area contributed by atoms with E-state index in [2.05, 4.69) is 13.2 Å². The third kappa shape index (κ3) is 2.10. The molecule has 0 rings (SSSR count). The van der Waals surface area contributed by atoms with E-state index in [4.69, 9.17) is 10.8 Å². The summed E-state index contributed by atoms with van der Waals surface area (Å²) < 4.78 is 0. The molecule has 0 aromatic rings. The topological polar surface area (TPSA) is 63.3 Å². The van der Waals surface area contributed by atoms with Gasteiger partial charge >= 0.3 is 5.97 Å². The number of rotatable bonds is 3. The number of carboxylic acids is 1. The molecule has 0 aliphatic carbocycles. The lowest BCUT2D eigenvalue weighted by atomic mass is 10.1. The molecule has 0 aromatic heterocycles. The summed E-state index contributed by atoms with van der Waals surface area (Å²) in [7, 11) is 0. The predicted octanol–water partition coefficient (Wildman–Crippen LogP) is 0.140. The Morgan fingerprint density at radius 2 is 2.22 bits per heavy atom. The molecule has 3 nitrogen and oxygen atoms in total. The molecule has 0 heterocycles. The van der Waals surface area contributed by atoms with Crippen LogP contribution in [0.15, 0.2) is 24.8 Å². The molecule has 0 aromatic carbocycles. The van der Waals surface area contributed by atoms with Gasteiger partial charge in [0.2, 0.25) is 0 Å². The van der Waals surface area contributed by atoms with Crippen LogP contribution in [0, 0.1) is 0 Å². The van der Waals surface area contributed by atoms with Crippen LogP contribution < -0.4 is 5.73 Å². The first-order valence-corrected chi connectivity index (χ1v) is 2.39. The Hall–Kier alpha value is -1.09. The predicted molar refractivity (Wildman–Crippen MR) is 34.9 cm³/mol. The van der Waals surface area contributed by atoms with Crippen LogP contribution in [-0.4, -0.2) is 17.1 Å². The minimum atomic E-state index is -1.08. The van der Waals surface area contributed by atoms with Gasteiger partial charge in [-0.1, -0.05) is 19.2 Å². The summed E-state index contributed by atoms with van der Waals surface area (Å²) in [6.45, 7) is 6.69. The van der Waals surface area contributed by atoms with Crippen LogP contribution in [0.5, 0.6) is 0 Å². The van der Waals surface area contributed by atoms with Crippen LogP contribution in [0.25, 0.3) is 0 Å². The third-order valence-corrected chi connectivity index (χ3v) is 0.928. The van der Waals surface area contributed by atoms with Crippen molar-refractivity contribution in [1.29, 1.82) is 0 Å². The lowest BCUT2D eigenvalue weighted by molar-refractivity contribution is -0.137. The molecular weight excluding hydrogens is 118 g/mol. The van der Waals surface area contributed by atoms with Crippen LogP contribution in [-0.2, 0) is 4.79 Å². The van der Waals surface area contributed by atoms with E-state index < -0.39 is 12.0 Å². The van der Waals surface area contributed by atoms with Crippen LogP contribution in [0.4, 0.5) is 0 Å². The maximum absolute atomic E-state index is 10.1. The van der Waals surface area contributed by atoms with Gasteiger partial charge in [-0.2, -0.15) is 0 Å². The Morgan fingerprint density at radius 1 is 1.78 bits per heavy atom. The van der Waals surface area contributed by atoms with E-state index in [9.17, 15) is 4.79 Å². The van der Waals surface area contributed by atoms with Crippen LogP contribution in [0.3, 0.4) is 0 Å². The van der Waals surface area contributed by atoms with E-state index in [0.717, 1.165) is 0 Å². The number of carboxylic acid groups (broad SMARTS) is 1. The Balaban J connectivity index is 4.03. The van der Waals surface area contributed by atoms with Gasteiger partial charge < -0.3 is 10.8 Å². The second-order valence-electron chi connectivity index (χ2n) is 1.59. The van der Waals surface area contributed by atoms with E-state index >= 15 is 0 Å². The van der Waals surface area contributed by atoms with Crippen molar-refractivity contribution in [2.45, 2.75) is 6.04 Å². The highest BCUT2D eigenvalue weighted by Crippen LogP contribution is 1.95. The van der Waals surface area contributed by atoms with Gasteiger partial charge in [0.25, 0.3) is 0 Å². The highest BCUT2D eigenvalue weighted by Gasteiger charge is 2.11. The molecule has 0 radical (unpaired) electrons. The van der Waals surface area contributed by atoms with E-state index in [1.165, 1.54) is 6.08 Å². The van der Waals surface area contributed by atoms with Crippen molar-refractivity contribution in [3.05, 3.63) is 24.8 Å². The third-order valence-electron chi connectivity index (χ3n) is 0.928. The fourth-order valence-corrected chi connectivity index (χ4v) is 0.286. The van der Waals surface area contributed by atoms with Gasteiger partial charge in [0, 0.05) is 0 Å². The number of nitrogens with two attached hydrogens (primary N) is 1. The summed E-state index contributed by atoms with van der Waals surface area (Å²) in [4.78, 5) is 10.1. The summed E-state index contributed by atoms with van der Waals surface area (Å²) in [5, 5.41) is 8.25. The van der Waals surface area contributed by atoms with Crippen molar-refractivity contribution >= 4 is 5.97 Å². The van der Waals surface area contributed by atoms with Gasteiger partial charge in [0.05, 0.1) is 0 Å². The van der Waals surface area contributed by atoms with Gasteiger partial charge in [-0.15, -0.1) is 0 Å².